The van der Waals surface area contributed by atoms with Crippen LogP contribution in [0.2, 0.25) is 0 Å². The summed E-state index contributed by atoms with van der Waals surface area (Å²) in [6.45, 7) is 2.27. The van der Waals surface area contributed by atoms with Gasteiger partial charge in [0.15, 0.2) is 0 Å². The summed E-state index contributed by atoms with van der Waals surface area (Å²) in [6.07, 6.45) is 3.00. The van der Waals surface area contributed by atoms with Crippen LogP contribution in [0.3, 0.4) is 0 Å². The van der Waals surface area contributed by atoms with Crippen molar-refractivity contribution in [1.82, 2.24) is 10.6 Å². The van der Waals surface area contributed by atoms with Crippen LogP contribution < -0.4 is 16.4 Å². The van der Waals surface area contributed by atoms with Crippen LogP contribution in [-0.2, 0) is 4.79 Å². The predicted octanol–water partition coefficient (Wildman–Crippen LogP) is 0.112. The first-order valence-corrected chi connectivity index (χ1v) is 5.33. The SMILES string of the molecule is CNC(CCCCNC(C)=O)C(N)=P. The first-order valence-electron chi connectivity index (χ1n) is 4.83. The molecule has 4 nitrogen and oxygen atoms in total. The summed E-state index contributed by atoms with van der Waals surface area (Å²) in [5.41, 5.74) is 6.34. The van der Waals surface area contributed by atoms with Crippen molar-refractivity contribution in [3.8, 4) is 0 Å². The third-order valence-corrected chi connectivity index (χ3v) is 2.37. The summed E-state index contributed by atoms with van der Waals surface area (Å²) in [5.74, 6) is 0.0290. The number of rotatable bonds is 7. The lowest BCUT2D eigenvalue weighted by Crippen LogP contribution is -2.37. The predicted molar refractivity (Wildman–Crippen MR) is 62.9 cm³/mol. The molecular formula is C9H20N3OP. The molecule has 0 spiro atoms. The number of carbonyl (C=O) groups excluding carboxylic acids is 1. The van der Waals surface area contributed by atoms with E-state index in [0.717, 1.165) is 31.2 Å². The smallest absolute Gasteiger partial charge is 0.216 e. The van der Waals surface area contributed by atoms with Gasteiger partial charge in [-0.25, -0.2) is 0 Å². The zero-order valence-electron chi connectivity index (χ0n) is 8.89. The molecule has 0 aromatic carbocycles. The van der Waals surface area contributed by atoms with Gasteiger partial charge in [0.2, 0.25) is 5.91 Å². The lowest BCUT2D eigenvalue weighted by atomic mass is 10.1. The van der Waals surface area contributed by atoms with Crippen LogP contribution in [-0.4, -0.2) is 31.0 Å². The third-order valence-electron chi connectivity index (χ3n) is 2.02. The van der Waals surface area contributed by atoms with Gasteiger partial charge in [-0.05, 0) is 26.3 Å². The van der Waals surface area contributed by atoms with Crippen molar-refractivity contribution >= 4 is 20.2 Å². The molecule has 0 aromatic heterocycles. The topological polar surface area (TPSA) is 67.1 Å². The van der Waals surface area contributed by atoms with Crippen LogP contribution in [0.25, 0.3) is 0 Å². The standard InChI is InChI=1S/C9H20N3OP/c1-7(13)12-6-4-3-5-8(11-2)9(10)14/h8,11,14H,3-6,10H2,1-2H3,(H,12,13). The molecule has 0 heterocycles. The minimum absolute atomic E-state index is 0.0290. The van der Waals surface area contributed by atoms with E-state index in [1.165, 1.54) is 6.92 Å². The van der Waals surface area contributed by atoms with Crippen LogP contribution in [0.15, 0.2) is 0 Å². The molecule has 0 fully saturated rings. The Morgan fingerprint density at radius 2 is 2.14 bits per heavy atom. The number of hydrogen-bond acceptors (Lipinski definition) is 2. The number of nitrogens with one attached hydrogen (secondary N) is 2. The lowest BCUT2D eigenvalue weighted by molar-refractivity contribution is -0.118. The maximum Gasteiger partial charge on any atom is 0.216 e. The highest BCUT2D eigenvalue weighted by molar-refractivity contribution is 7.21. The van der Waals surface area contributed by atoms with Crippen molar-refractivity contribution in [1.29, 1.82) is 0 Å². The number of likely N-dealkylation sites (N-methyl/N-ethyl adjacent to an activating group) is 1. The molecule has 0 rings (SSSR count). The van der Waals surface area contributed by atoms with E-state index in [0.29, 0.717) is 0 Å². The molecular weight excluding hydrogens is 197 g/mol. The van der Waals surface area contributed by atoms with Gasteiger partial charge in [-0.2, -0.15) is 0 Å². The molecule has 0 bridgehead atoms. The Kier molecular flexibility index (Phi) is 7.67. The Morgan fingerprint density at radius 1 is 1.50 bits per heavy atom. The summed E-state index contributed by atoms with van der Waals surface area (Å²) in [6, 6.07) is 0.212. The molecule has 4 N–H and O–H groups in total. The Balaban J connectivity index is 3.42. The van der Waals surface area contributed by atoms with Crippen molar-refractivity contribution < 1.29 is 4.79 Å². The van der Waals surface area contributed by atoms with Gasteiger partial charge in [-0.1, -0.05) is 0 Å². The molecule has 0 aliphatic heterocycles. The Bertz CT molecular complexity index is 196. The summed E-state index contributed by atoms with van der Waals surface area (Å²) in [4.78, 5) is 10.5. The van der Waals surface area contributed by atoms with E-state index in [2.05, 4.69) is 19.5 Å². The molecule has 0 saturated heterocycles. The van der Waals surface area contributed by atoms with Crippen LogP contribution in [0.1, 0.15) is 26.2 Å². The molecule has 82 valence electrons. The van der Waals surface area contributed by atoms with E-state index >= 15 is 0 Å². The number of unbranched alkanes of at least 4 members (excludes halogenated alkanes) is 1. The molecule has 5 heteroatoms. The second kappa shape index (κ2) is 7.92. The molecule has 0 aromatic rings. The maximum absolute atomic E-state index is 10.5. The molecule has 1 unspecified atom stereocenters. The molecule has 1 amide bonds. The van der Waals surface area contributed by atoms with Gasteiger partial charge >= 0.3 is 0 Å². The fourth-order valence-corrected chi connectivity index (χ4v) is 1.48. The zero-order chi connectivity index (χ0) is 11.0. The van der Waals surface area contributed by atoms with Crippen molar-refractivity contribution in [2.24, 2.45) is 5.73 Å². The van der Waals surface area contributed by atoms with Gasteiger partial charge < -0.3 is 16.4 Å². The molecule has 0 saturated carbocycles. The Hall–Kier alpha value is -0.440. The van der Waals surface area contributed by atoms with Crippen LogP contribution in [0.5, 0.6) is 0 Å². The van der Waals surface area contributed by atoms with Crippen molar-refractivity contribution in [3.63, 3.8) is 0 Å². The minimum Gasteiger partial charge on any atom is -0.356 e. The summed E-state index contributed by atoms with van der Waals surface area (Å²) >= 11 is 0. The van der Waals surface area contributed by atoms with E-state index in [9.17, 15) is 4.79 Å². The van der Waals surface area contributed by atoms with E-state index in [4.69, 9.17) is 5.73 Å². The molecule has 14 heavy (non-hydrogen) atoms. The van der Waals surface area contributed by atoms with Crippen LogP contribution in [0, 0.1) is 0 Å². The largest absolute Gasteiger partial charge is 0.356 e. The number of amides is 1. The Labute approximate surface area is 87.8 Å². The van der Waals surface area contributed by atoms with Crippen molar-refractivity contribution in [2.75, 3.05) is 13.6 Å². The van der Waals surface area contributed by atoms with Gasteiger partial charge in [-0.3, -0.25) is 4.79 Å². The van der Waals surface area contributed by atoms with Crippen LogP contribution >= 0.6 is 8.86 Å². The maximum atomic E-state index is 10.5. The molecule has 0 aliphatic rings. The zero-order valence-corrected chi connectivity index (χ0v) is 9.89. The third kappa shape index (κ3) is 7.01. The van der Waals surface area contributed by atoms with Crippen molar-refractivity contribution in [2.45, 2.75) is 32.2 Å². The first-order chi connectivity index (χ1) is 6.57. The molecule has 0 aliphatic carbocycles. The van der Waals surface area contributed by atoms with Gasteiger partial charge in [0.25, 0.3) is 0 Å². The summed E-state index contributed by atoms with van der Waals surface area (Å²) in [5, 5.41) is 5.86. The highest BCUT2D eigenvalue weighted by Crippen LogP contribution is 2.00. The number of nitrogens with two attached hydrogens (primary N) is 1. The molecule has 0 radical (unpaired) electrons. The number of carbonyl (C=O) groups is 1. The lowest BCUT2D eigenvalue weighted by Gasteiger charge is -2.14. The van der Waals surface area contributed by atoms with E-state index in [-0.39, 0.29) is 11.9 Å². The van der Waals surface area contributed by atoms with E-state index < -0.39 is 0 Å². The fraction of sp³-hybridized carbons (Fsp3) is 0.778. The van der Waals surface area contributed by atoms with Gasteiger partial charge in [0.1, 0.15) is 0 Å². The fourth-order valence-electron chi connectivity index (χ4n) is 1.19. The van der Waals surface area contributed by atoms with Gasteiger partial charge in [-0.15, -0.1) is 8.86 Å². The molecule has 1 atom stereocenters. The van der Waals surface area contributed by atoms with Gasteiger partial charge in [0.05, 0.1) is 0 Å². The quantitative estimate of drug-likeness (QED) is 0.419. The number of hydrogen-bond donors (Lipinski definition) is 3. The first kappa shape index (κ1) is 13.6. The normalized spacial score (nSPS) is 12.2. The van der Waals surface area contributed by atoms with E-state index in [1.807, 2.05) is 7.05 Å². The summed E-state index contributed by atoms with van der Waals surface area (Å²) in [7, 11) is 5.19. The van der Waals surface area contributed by atoms with E-state index in [1.54, 1.807) is 0 Å². The monoisotopic (exact) mass is 217 g/mol. The average Bonchev–Trinajstić information content (AvgIpc) is 2.10. The highest BCUT2D eigenvalue weighted by atomic mass is 31.0. The second-order valence-electron chi connectivity index (χ2n) is 3.28. The van der Waals surface area contributed by atoms with Crippen molar-refractivity contribution in [3.05, 3.63) is 0 Å². The average molecular weight is 217 g/mol. The highest BCUT2D eigenvalue weighted by Gasteiger charge is 2.06. The van der Waals surface area contributed by atoms with Gasteiger partial charge in [0, 0.05) is 24.9 Å². The minimum atomic E-state index is 0.0290. The Morgan fingerprint density at radius 3 is 2.57 bits per heavy atom. The van der Waals surface area contributed by atoms with Crippen LogP contribution in [0.4, 0.5) is 0 Å². The second-order valence-corrected chi connectivity index (χ2v) is 3.85. The summed E-state index contributed by atoms with van der Waals surface area (Å²) < 4.78 is 0.